The molecule has 3 rings (SSSR count). The summed E-state index contributed by atoms with van der Waals surface area (Å²) >= 11 is 1.95. The Labute approximate surface area is 198 Å². The summed E-state index contributed by atoms with van der Waals surface area (Å²) in [5.74, 6) is -0.524. The van der Waals surface area contributed by atoms with Crippen LogP contribution in [0.3, 0.4) is 0 Å². The molecule has 11 heteroatoms. The first kappa shape index (κ1) is 23.4. The lowest BCUT2D eigenvalue weighted by Crippen LogP contribution is -2.33. The number of aryl methyl sites for hydroxylation is 1. The number of nitrogens with zero attached hydrogens (tertiary/aromatic N) is 4. The molecule has 4 N–H and O–H groups in total. The number of halogens is 1. The predicted molar refractivity (Wildman–Crippen MR) is 125 cm³/mol. The van der Waals surface area contributed by atoms with Crippen LogP contribution in [0.4, 0.5) is 5.82 Å². The molecule has 10 nitrogen and oxygen atoms in total. The highest BCUT2D eigenvalue weighted by Gasteiger charge is 2.20. The number of rotatable bonds is 11. The molecule has 0 saturated carbocycles. The third-order valence-electron chi connectivity index (χ3n) is 4.66. The van der Waals surface area contributed by atoms with Gasteiger partial charge >= 0.3 is 5.97 Å². The zero-order valence-corrected chi connectivity index (χ0v) is 19.3. The van der Waals surface area contributed by atoms with E-state index in [-0.39, 0.29) is 24.6 Å². The average Bonchev–Trinajstić information content (AvgIpc) is 3.20. The van der Waals surface area contributed by atoms with E-state index in [9.17, 15) is 19.8 Å². The van der Waals surface area contributed by atoms with E-state index in [1.165, 1.54) is 10.7 Å². The summed E-state index contributed by atoms with van der Waals surface area (Å²) in [4.78, 5) is 28.1. The Balaban J connectivity index is 1.56. The number of aromatic hydroxyl groups is 1. The van der Waals surface area contributed by atoms with Gasteiger partial charge < -0.3 is 20.8 Å². The summed E-state index contributed by atoms with van der Waals surface area (Å²) in [6.45, 7) is 0.628. The van der Waals surface area contributed by atoms with Crippen LogP contribution in [0.2, 0.25) is 0 Å². The number of hydrogen-bond donors (Lipinski definition) is 4. The number of benzene rings is 1. The summed E-state index contributed by atoms with van der Waals surface area (Å²) in [5, 5.41) is 32.8. The average molecular weight is 550 g/mol. The first-order valence-corrected chi connectivity index (χ1v) is 11.0. The Bertz CT molecular complexity index is 1060. The normalized spacial score (nSPS) is 11.7. The van der Waals surface area contributed by atoms with Gasteiger partial charge in [0.15, 0.2) is 0 Å². The molecule has 2 aromatic heterocycles. The van der Waals surface area contributed by atoms with Crippen molar-refractivity contribution in [3.8, 4) is 5.75 Å². The Morgan fingerprint density at radius 2 is 2.06 bits per heavy atom. The Morgan fingerprint density at radius 1 is 1.22 bits per heavy atom. The highest BCUT2D eigenvalue weighted by Crippen LogP contribution is 2.25. The lowest BCUT2D eigenvalue weighted by atomic mass is 10.0. The van der Waals surface area contributed by atoms with Crippen LogP contribution in [0.25, 0.3) is 0 Å². The zero-order valence-electron chi connectivity index (χ0n) is 17.1. The largest absolute Gasteiger partial charge is 0.507 e. The van der Waals surface area contributed by atoms with Gasteiger partial charge in [-0.3, -0.25) is 9.59 Å². The summed E-state index contributed by atoms with van der Waals surface area (Å²) in [5.41, 5.74) is 1.40. The van der Waals surface area contributed by atoms with Crippen molar-refractivity contribution in [3.05, 3.63) is 63.6 Å². The second-order valence-electron chi connectivity index (χ2n) is 7.06. The predicted octanol–water partition coefficient (Wildman–Crippen LogP) is 2.36. The number of phenolic OH excluding ortho intramolecular Hbond substituents is 1. The van der Waals surface area contributed by atoms with Crippen molar-refractivity contribution in [2.75, 3.05) is 11.9 Å². The number of carbonyl (C=O) groups excluding carboxylic acids is 1. The van der Waals surface area contributed by atoms with Crippen molar-refractivity contribution in [3.63, 3.8) is 0 Å². The number of aromatic nitrogens is 4. The molecule has 0 aliphatic heterocycles. The van der Waals surface area contributed by atoms with Gasteiger partial charge in [0.2, 0.25) is 5.91 Å². The van der Waals surface area contributed by atoms with E-state index in [0.29, 0.717) is 22.1 Å². The van der Waals surface area contributed by atoms with Gasteiger partial charge in [-0.2, -0.15) is 0 Å². The van der Waals surface area contributed by atoms with Crippen LogP contribution in [0, 0.1) is 3.57 Å². The maximum Gasteiger partial charge on any atom is 0.305 e. The van der Waals surface area contributed by atoms with Gasteiger partial charge in [0.25, 0.3) is 0 Å². The molecule has 0 saturated heterocycles. The maximum atomic E-state index is 12.6. The molecule has 0 unspecified atom stereocenters. The van der Waals surface area contributed by atoms with Gasteiger partial charge in [-0.05, 0) is 65.3 Å². The SMILES string of the molecule is O=C(O)C[C@H](NC(=O)Cn1nncc1CCCNc1ccccn1)c1ccc(O)c(I)c1. The van der Waals surface area contributed by atoms with E-state index in [4.69, 9.17) is 0 Å². The summed E-state index contributed by atoms with van der Waals surface area (Å²) in [6, 6.07) is 9.64. The van der Waals surface area contributed by atoms with Crippen molar-refractivity contribution in [1.82, 2.24) is 25.3 Å². The lowest BCUT2D eigenvalue weighted by Gasteiger charge is -2.18. The highest BCUT2D eigenvalue weighted by atomic mass is 127. The number of phenols is 1. The van der Waals surface area contributed by atoms with Gasteiger partial charge in [0.1, 0.15) is 18.1 Å². The van der Waals surface area contributed by atoms with E-state index < -0.39 is 12.0 Å². The maximum absolute atomic E-state index is 12.6. The van der Waals surface area contributed by atoms with E-state index in [0.717, 1.165) is 17.9 Å². The molecule has 0 aliphatic carbocycles. The number of carboxylic acids is 1. The summed E-state index contributed by atoms with van der Waals surface area (Å²) in [7, 11) is 0. The molecule has 0 spiro atoms. The summed E-state index contributed by atoms with van der Waals surface area (Å²) < 4.78 is 2.08. The number of anilines is 1. The molecule has 1 aromatic carbocycles. The monoisotopic (exact) mass is 550 g/mol. The van der Waals surface area contributed by atoms with Crippen LogP contribution in [-0.4, -0.2) is 48.6 Å². The minimum absolute atomic E-state index is 0.0751. The van der Waals surface area contributed by atoms with Crippen LogP contribution in [0.15, 0.2) is 48.8 Å². The third-order valence-corrected chi connectivity index (χ3v) is 5.52. The molecule has 2 heterocycles. The van der Waals surface area contributed by atoms with Crippen molar-refractivity contribution < 1.29 is 19.8 Å². The Morgan fingerprint density at radius 3 is 2.78 bits per heavy atom. The van der Waals surface area contributed by atoms with Gasteiger partial charge in [-0.25, -0.2) is 9.67 Å². The van der Waals surface area contributed by atoms with Gasteiger partial charge in [-0.15, -0.1) is 5.10 Å². The molecule has 32 heavy (non-hydrogen) atoms. The van der Waals surface area contributed by atoms with E-state index in [2.05, 4.69) is 25.9 Å². The van der Waals surface area contributed by atoms with Crippen molar-refractivity contribution >= 4 is 40.3 Å². The fraction of sp³-hybridized carbons (Fsp3) is 0.286. The first-order chi connectivity index (χ1) is 15.4. The minimum atomic E-state index is -1.04. The molecule has 0 radical (unpaired) electrons. The summed E-state index contributed by atoms with van der Waals surface area (Å²) in [6.07, 6.45) is 4.51. The van der Waals surface area contributed by atoms with Crippen molar-refractivity contribution in [2.24, 2.45) is 0 Å². The van der Waals surface area contributed by atoms with E-state index in [1.54, 1.807) is 24.5 Å². The van der Waals surface area contributed by atoms with Crippen molar-refractivity contribution in [2.45, 2.75) is 31.8 Å². The molecule has 0 aliphatic rings. The van der Waals surface area contributed by atoms with Crippen LogP contribution in [0.1, 0.15) is 30.1 Å². The topological polar surface area (TPSA) is 142 Å². The molecule has 168 valence electrons. The fourth-order valence-electron chi connectivity index (χ4n) is 3.10. The highest BCUT2D eigenvalue weighted by molar-refractivity contribution is 14.1. The van der Waals surface area contributed by atoms with E-state index >= 15 is 0 Å². The molecular formula is C21H23IN6O4. The van der Waals surface area contributed by atoms with Gasteiger partial charge in [0, 0.05) is 12.7 Å². The smallest absolute Gasteiger partial charge is 0.305 e. The van der Waals surface area contributed by atoms with E-state index in [1.807, 2.05) is 40.8 Å². The third kappa shape index (κ3) is 6.90. The molecule has 3 aromatic rings. The molecular weight excluding hydrogens is 527 g/mol. The first-order valence-electron chi connectivity index (χ1n) is 9.94. The number of hydrogen-bond acceptors (Lipinski definition) is 7. The van der Waals surface area contributed by atoms with Gasteiger partial charge in [-0.1, -0.05) is 17.3 Å². The zero-order chi connectivity index (χ0) is 22.9. The van der Waals surface area contributed by atoms with Gasteiger partial charge in [0.05, 0.1) is 27.9 Å². The fourth-order valence-corrected chi connectivity index (χ4v) is 3.64. The number of aliphatic carboxylic acids is 1. The van der Waals surface area contributed by atoms with Crippen LogP contribution in [0.5, 0.6) is 5.75 Å². The second kappa shape index (κ2) is 11.4. The molecule has 0 bridgehead atoms. The number of nitrogens with one attached hydrogen (secondary N) is 2. The lowest BCUT2D eigenvalue weighted by molar-refractivity contribution is -0.137. The molecule has 0 fully saturated rings. The number of carboxylic acid groups (broad SMARTS) is 1. The van der Waals surface area contributed by atoms with Crippen LogP contribution >= 0.6 is 22.6 Å². The number of pyridine rings is 1. The molecule has 1 amide bonds. The standard InChI is InChI=1S/C21H23IN6O4/c22-16-10-14(6-7-18(16)29)17(11-21(31)32)26-20(30)13-28-15(12-25-27-28)4-3-9-24-19-5-1-2-8-23-19/h1-2,5-8,10,12,17,29H,3-4,9,11,13H2,(H,23,24)(H,26,30)(H,31,32)/t17-/m0/s1. The number of carbonyl (C=O) groups is 2. The Kier molecular flexibility index (Phi) is 8.36. The van der Waals surface area contributed by atoms with Crippen LogP contribution in [-0.2, 0) is 22.6 Å². The Hall–Kier alpha value is -3.22. The second-order valence-corrected chi connectivity index (χ2v) is 8.22. The molecule has 1 atom stereocenters. The minimum Gasteiger partial charge on any atom is -0.507 e. The van der Waals surface area contributed by atoms with Crippen molar-refractivity contribution in [1.29, 1.82) is 0 Å². The van der Waals surface area contributed by atoms with Crippen LogP contribution < -0.4 is 10.6 Å². The quantitative estimate of drug-likeness (QED) is 0.211. The number of amides is 1.